The highest BCUT2D eigenvalue weighted by Gasteiger charge is 2.28. The van der Waals surface area contributed by atoms with Crippen LogP contribution in [-0.2, 0) is 48.9 Å². The molecule has 8 heteroatoms. The summed E-state index contributed by atoms with van der Waals surface area (Å²) < 4.78 is 35.2. The van der Waals surface area contributed by atoms with E-state index in [1.165, 1.54) is 5.56 Å². The Morgan fingerprint density at radius 1 is 0.886 bits per heavy atom. The summed E-state index contributed by atoms with van der Waals surface area (Å²) in [5, 5.41) is 0. The number of phosphoric ester groups is 1. The van der Waals surface area contributed by atoms with Crippen molar-refractivity contribution in [2.24, 2.45) is 0 Å². The first-order valence-electron chi connectivity index (χ1n) is 11.7. The van der Waals surface area contributed by atoms with Crippen LogP contribution < -0.4 is 0 Å². The summed E-state index contributed by atoms with van der Waals surface area (Å²) in [5.41, 5.74) is 5.30. The molecule has 35 heavy (non-hydrogen) atoms. The second kappa shape index (κ2) is 11.7. The topological polar surface area (TPSA) is 84.0 Å². The van der Waals surface area contributed by atoms with Crippen LogP contribution in [0.2, 0.25) is 0 Å². The van der Waals surface area contributed by atoms with Gasteiger partial charge in [0.15, 0.2) is 0 Å². The zero-order valence-corrected chi connectivity index (χ0v) is 20.9. The van der Waals surface area contributed by atoms with Crippen molar-refractivity contribution >= 4 is 13.8 Å². The molecule has 1 heterocycles. The van der Waals surface area contributed by atoms with Crippen molar-refractivity contribution in [3.8, 4) is 0 Å². The fraction of sp³-hybridized carbons (Fsp3) is 0.333. The molecule has 3 aromatic rings. The zero-order valence-electron chi connectivity index (χ0n) is 20.0. The summed E-state index contributed by atoms with van der Waals surface area (Å²) >= 11 is 0. The molecule has 0 aliphatic heterocycles. The number of esters is 1. The number of phosphoric acid groups is 1. The Bertz CT molecular complexity index is 1140. The number of aromatic nitrogens is 1. The van der Waals surface area contributed by atoms with Crippen LogP contribution in [0.1, 0.15) is 58.2 Å². The minimum atomic E-state index is -3.92. The smallest absolute Gasteiger partial charge is 0.458 e. The van der Waals surface area contributed by atoms with Gasteiger partial charge in [-0.25, -0.2) is 14.3 Å². The van der Waals surface area contributed by atoms with Gasteiger partial charge >= 0.3 is 13.8 Å². The molecule has 1 aromatic heterocycles. The molecule has 0 spiro atoms. The Morgan fingerprint density at radius 3 is 2.00 bits per heavy atom. The van der Waals surface area contributed by atoms with E-state index in [1.807, 2.05) is 60.7 Å². The highest BCUT2D eigenvalue weighted by Crippen LogP contribution is 2.50. The Hall–Kier alpha value is -2.83. The SMILES string of the molecule is CC(C)c1nc(C(=O)OCCOP(=O)(OCc2ccccc2)OCc2ccccc2)cc2c1CC2. The van der Waals surface area contributed by atoms with E-state index < -0.39 is 13.8 Å². The van der Waals surface area contributed by atoms with Crippen molar-refractivity contribution in [2.75, 3.05) is 13.2 Å². The van der Waals surface area contributed by atoms with Crippen molar-refractivity contribution in [3.63, 3.8) is 0 Å². The lowest BCUT2D eigenvalue weighted by Crippen LogP contribution is -2.20. The van der Waals surface area contributed by atoms with Gasteiger partial charge in [0.1, 0.15) is 12.3 Å². The third-order valence-electron chi connectivity index (χ3n) is 5.68. The molecule has 184 valence electrons. The Kier molecular flexibility index (Phi) is 8.47. The normalized spacial score (nSPS) is 12.8. The van der Waals surface area contributed by atoms with Gasteiger partial charge < -0.3 is 4.74 Å². The van der Waals surface area contributed by atoms with E-state index in [4.69, 9.17) is 18.3 Å². The molecule has 2 aromatic carbocycles. The summed E-state index contributed by atoms with van der Waals surface area (Å²) in [6, 6.07) is 20.5. The van der Waals surface area contributed by atoms with Crippen LogP contribution in [0.3, 0.4) is 0 Å². The molecule has 0 fully saturated rings. The molecule has 1 aliphatic carbocycles. The predicted molar refractivity (Wildman–Crippen MR) is 132 cm³/mol. The monoisotopic (exact) mass is 495 g/mol. The molecule has 0 bridgehead atoms. The summed E-state index contributed by atoms with van der Waals surface area (Å²) in [5.74, 6) is -0.301. The van der Waals surface area contributed by atoms with Crippen molar-refractivity contribution < 1.29 is 27.7 Å². The standard InChI is InChI=1S/C27H30NO6P/c1-20(2)26-24-14-13-23(24)17-25(28-26)27(29)31-15-16-32-35(30,33-18-21-9-5-3-6-10-21)34-19-22-11-7-4-8-12-22/h3-12,17,20H,13-16,18-19H2,1-2H3. The number of hydrogen-bond acceptors (Lipinski definition) is 7. The largest absolute Gasteiger partial charge is 0.475 e. The summed E-state index contributed by atoms with van der Waals surface area (Å²) in [6.45, 7) is 3.99. The second-order valence-electron chi connectivity index (χ2n) is 8.62. The van der Waals surface area contributed by atoms with Crippen LogP contribution in [0.5, 0.6) is 0 Å². The van der Waals surface area contributed by atoms with Crippen molar-refractivity contribution in [2.45, 2.75) is 45.8 Å². The van der Waals surface area contributed by atoms with Crippen LogP contribution in [-0.4, -0.2) is 24.2 Å². The fourth-order valence-electron chi connectivity index (χ4n) is 3.75. The van der Waals surface area contributed by atoms with Crippen LogP contribution in [0.4, 0.5) is 0 Å². The summed E-state index contributed by atoms with van der Waals surface area (Å²) in [4.78, 5) is 17.1. The first-order chi connectivity index (χ1) is 16.9. The lowest BCUT2D eigenvalue weighted by molar-refractivity contribution is 0.0371. The van der Waals surface area contributed by atoms with Crippen molar-refractivity contribution in [1.29, 1.82) is 0 Å². The molecule has 0 atom stereocenters. The van der Waals surface area contributed by atoms with E-state index >= 15 is 0 Å². The maximum absolute atomic E-state index is 13.3. The lowest BCUT2D eigenvalue weighted by Gasteiger charge is -2.24. The van der Waals surface area contributed by atoms with Crippen molar-refractivity contribution in [3.05, 3.63) is 100 Å². The highest BCUT2D eigenvalue weighted by molar-refractivity contribution is 7.48. The van der Waals surface area contributed by atoms with Crippen LogP contribution in [0.25, 0.3) is 0 Å². The van der Waals surface area contributed by atoms with E-state index in [-0.39, 0.29) is 38.0 Å². The predicted octanol–water partition coefficient (Wildman–Crippen LogP) is 6.02. The van der Waals surface area contributed by atoms with E-state index in [2.05, 4.69) is 18.8 Å². The molecule has 0 radical (unpaired) electrons. The average Bonchev–Trinajstić information content (AvgIpc) is 2.86. The molecule has 0 amide bonds. The van der Waals surface area contributed by atoms with E-state index in [1.54, 1.807) is 6.07 Å². The van der Waals surface area contributed by atoms with Gasteiger partial charge in [0.2, 0.25) is 0 Å². The number of aryl methyl sites for hydroxylation is 1. The number of pyridine rings is 1. The fourth-order valence-corrected chi connectivity index (χ4v) is 4.88. The lowest BCUT2D eigenvalue weighted by atomic mass is 9.84. The molecule has 7 nitrogen and oxygen atoms in total. The number of hydrogen-bond donors (Lipinski definition) is 0. The van der Waals surface area contributed by atoms with Gasteiger partial charge in [-0.15, -0.1) is 0 Å². The minimum Gasteiger partial charge on any atom is -0.458 e. The highest BCUT2D eigenvalue weighted by atomic mass is 31.2. The van der Waals surface area contributed by atoms with Gasteiger partial charge in [0, 0.05) is 5.69 Å². The van der Waals surface area contributed by atoms with E-state index in [9.17, 15) is 9.36 Å². The maximum atomic E-state index is 13.3. The van der Waals surface area contributed by atoms with Crippen LogP contribution in [0, 0.1) is 0 Å². The van der Waals surface area contributed by atoms with Gasteiger partial charge in [-0.05, 0) is 47.1 Å². The zero-order chi connectivity index (χ0) is 24.7. The molecule has 0 saturated heterocycles. The maximum Gasteiger partial charge on any atom is 0.475 e. The summed E-state index contributed by atoms with van der Waals surface area (Å²) in [6.07, 6.45) is 1.95. The number of carbonyl (C=O) groups is 1. The molecule has 0 saturated carbocycles. The number of benzene rings is 2. The Morgan fingerprint density at radius 2 is 1.49 bits per heavy atom. The average molecular weight is 496 g/mol. The van der Waals surface area contributed by atoms with Gasteiger partial charge in [-0.2, -0.15) is 0 Å². The van der Waals surface area contributed by atoms with Crippen LogP contribution >= 0.6 is 7.82 Å². The number of rotatable bonds is 12. The quantitative estimate of drug-likeness (QED) is 0.173. The van der Waals surface area contributed by atoms with Crippen molar-refractivity contribution in [1.82, 2.24) is 4.98 Å². The van der Waals surface area contributed by atoms with E-state index in [0.29, 0.717) is 0 Å². The molecular weight excluding hydrogens is 465 g/mol. The molecule has 4 rings (SSSR count). The first kappa shape index (κ1) is 25.3. The molecule has 0 unspecified atom stereocenters. The number of nitrogens with zero attached hydrogens (tertiary/aromatic N) is 1. The van der Waals surface area contributed by atoms with Gasteiger partial charge in [-0.1, -0.05) is 74.5 Å². The third-order valence-corrected chi connectivity index (χ3v) is 7.07. The first-order valence-corrected chi connectivity index (χ1v) is 13.2. The molecule has 1 aliphatic rings. The number of carbonyl (C=O) groups excluding carboxylic acids is 1. The minimum absolute atomic E-state index is 0.0592. The number of ether oxygens (including phenoxy) is 1. The number of fused-ring (bicyclic) bond motifs is 1. The summed E-state index contributed by atoms with van der Waals surface area (Å²) in [7, 11) is -3.92. The third kappa shape index (κ3) is 6.86. The van der Waals surface area contributed by atoms with Crippen LogP contribution in [0.15, 0.2) is 66.7 Å². The Balaban J connectivity index is 1.33. The molecular formula is C27H30NO6P. The van der Waals surface area contributed by atoms with E-state index in [0.717, 1.165) is 35.2 Å². The van der Waals surface area contributed by atoms with Gasteiger partial charge in [0.25, 0.3) is 0 Å². The second-order valence-corrected chi connectivity index (χ2v) is 10.3. The Labute approximate surface area is 206 Å². The van der Waals surface area contributed by atoms with Gasteiger partial charge in [-0.3, -0.25) is 13.6 Å². The molecule has 0 N–H and O–H groups in total. The van der Waals surface area contributed by atoms with Gasteiger partial charge in [0.05, 0.1) is 19.8 Å².